The first-order valence-corrected chi connectivity index (χ1v) is 7.74. The number of nitrogens with zero attached hydrogens (tertiary/aromatic N) is 1. The Bertz CT molecular complexity index is 900. The number of hydrogen-bond acceptors (Lipinski definition) is 2. The second kappa shape index (κ2) is 4.80. The maximum absolute atomic E-state index is 11.5. The summed E-state index contributed by atoms with van der Waals surface area (Å²) in [6.45, 7) is 2.17. The SMILES string of the molecule is CC1CCC([N+](=O)[O-])c2c1ccc1c2ccc2ccccc21. The Labute approximate surface area is 128 Å². The van der Waals surface area contributed by atoms with Crippen molar-refractivity contribution in [2.45, 2.75) is 31.7 Å². The molecule has 1 aliphatic rings. The van der Waals surface area contributed by atoms with Crippen LogP contribution in [0.3, 0.4) is 0 Å². The molecule has 3 heteroatoms. The Morgan fingerprint density at radius 3 is 2.55 bits per heavy atom. The lowest BCUT2D eigenvalue weighted by molar-refractivity contribution is -0.530. The molecule has 0 aromatic heterocycles. The smallest absolute Gasteiger partial charge is 0.239 e. The van der Waals surface area contributed by atoms with E-state index in [2.05, 4.69) is 43.3 Å². The molecule has 4 rings (SSSR count). The Morgan fingerprint density at radius 1 is 0.955 bits per heavy atom. The molecule has 0 N–H and O–H groups in total. The van der Waals surface area contributed by atoms with Gasteiger partial charge in [-0.25, -0.2) is 0 Å². The second-order valence-corrected chi connectivity index (χ2v) is 6.23. The molecule has 0 saturated heterocycles. The van der Waals surface area contributed by atoms with Crippen LogP contribution in [0.2, 0.25) is 0 Å². The van der Waals surface area contributed by atoms with E-state index in [9.17, 15) is 10.1 Å². The van der Waals surface area contributed by atoms with E-state index in [1.54, 1.807) is 0 Å². The highest BCUT2D eigenvalue weighted by molar-refractivity contribution is 6.08. The zero-order valence-electron chi connectivity index (χ0n) is 12.5. The van der Waals surface area contributed by atoms with E-state index in [0.717, 1.165) is 28.3 Å². The molecule has 0 fully saturated rings. The first-order chi connectivity index (χ1) is 10.7. The van der Waals surface area contributed by atoms with E-state index in [1.807, 2.05) is 12.1 Å². The summed E-state index contributed by atoms with van der Waals surface area (Å²) >= 11 is 0. The number of hydrogen-bond donors (Lipinski definition) is 0. The topological polar surface area (TPSA) is 43.1 Å². The predicted octanol–water partition coefficient (Wildman–Crippen LogP) is 5.21. The Kier molecular flexibility index (Phi) is 2.89. The van der Waals surface area contributed by atoms with Gasteiger partial charge in [-0.1, -0.05) is 55.5 Å². The normalized spacial score (nSPS) is 21.0. The van der Waals surface area contributed by atoms with Crippen molar-refractivity contribution in [1.29, 1.82) is 0 Å². The molecule has 0 amide bonds. The summed E-state index contributed by atoms with van der Waals surface area (Å²) in [5, 5.41) is 16.1. The van der Waals surface area contributed by atoms with E-state index in [-0.39, 0.29) is 4.92 Å². The van der Waals surface area contributed by atoms with Gasteiger partial charge in [-0.2, -0.15) is 0 Å². The van der Waals surface area contributed by atoms with Gasteiger partial charge in [-0.15, -0.1) is 0 Å². The zero-order valence-corrected chi connectivity index (χ0v) is 12.5. The zero-order chi connectivity index (χ0) is 15.3. The largest absolute Gasteiger partial charge is 0.264 e. The molecule has 3 aromatic rings. The van der Waals surface area contributed by atoms with Crippen LogP contribution in [0.5, 0.6) is 0 Å². The molecule has 3 nitrogen and oxygen atoms in total. The third kappa shape index (κ3) is 1.82. The fourth-order valence-corrected chi connectivity index (χ4v) is 3.85. The van der Waals surface area contributed by atoms with Gasteiger partial charge in [0.2, 0.25) is 6.04 Å². The summed E-state index contributed by atoms with van der Waals surface area (Å²) in [4.78, 5) is 11.4. The molecule has 0 aliphatic heterocycles. The van der Waals surface area contributed by atoms with Crippen molar-refractivity contribution < 1.29 is 4.92 Å². The van der Waals surface area contributed by atoms with Crippen LogP contribution < -0.4 is 0 Å². The average Bonchev–Trinajstić information content (AvgIpc) is 2.54. The summed E-state index contributed by atoms with van der Waals surface area (Å²) in [5.41, 5.74) is 2.09. The summed E-state index contributed by atoms with van der Waals surface area (Å²) in [5.74, 6) is 0.391. The minimum absolute atomic E-state index is 0.112. The summed E-state index contributed by atoms with van der Waals surface area (Å²) < 4.78 is 0. The molecule has 3 aromatic carbocycles. The van der Waals surface area contributed by atoms with E-state index >= 15 is 0 Å². The van der Waals surface area contributed by atoms with Crippen LogP contribution in [0.25, 0.3) is 21.5 Å². The fourth-order valence-electron chi connectivity index (χ4n) is 3.85. The van der Waals surface area contributed by atoms with E-state index in [4.69, 9.17) is 0 Å². The maximum Gasteiger partial charge on any atom is 0.239 e. The quantitative estimate of drug-likeness (QED) is 0.351. The third-order valence-corrected chi connectivity index (χ3v) is 4.99. The standard InChI is InChI=1S/C19H17NO2/c1-12-6-11-18(20(21)22)19-14(12)9-10-16-15-5-3-2-4-13(15)7-8-17(16)19/h2-5,7-10,12,18H,6,11H2,1H3. The minimum atomic E-state index is -0.573. The van der Waals surface area contributed by atoms with Crippen LogP contribution in [-0.4, -0.2) is 4.92 Å². The van der Waals surface area contributed by atoms with Crippen LogP contribution in [0.4, 0.5) is 0 Å². The highest BCUT2D eigenvalue weighted by Crippen LogP contribution is 2.43. The van der Waals surface area contributed by atoms with Crippen LogP contribution in [0.15, 0.2) is 48.5 Å². The van der Waals surface area contributed by atoms with Crippen LogP contribution in [0, 0.1) is 10.1 Å². The molecule has 0 saturated carbocycles. The van der Waals surface area contributed by atoms with Gasteiger partial charge in [0.05, 0.1) is 0 Å². The Balaban J connectivity index is 2.12. The number of rotatable bonds is 1. The first kappa shape index (κ1) is 13.3. The lowest BCUT2D eigenvalue weighted by Gasteiger charge is -2.26. The van der Waals surface area contributed by atoms with E-state index < -0.39 is 6.04 Å². The third-order valence-electron chi connectivity index (χ3n) is 4.99. The molecule has 0 bridgehead atoms. The highest BCUT2D eigenvalue weighted by Gasteiger charge is 2.34. The Hall–Kier alpha value is -2.42. The van der Waals surface area contributed by atoms with Crippen molar-refractivity contribution >= 4 is 21.5 Å². The van der Waals surface area contributed by atoms with Gasteiger partial charge in [-0.3, -0.25) is 10.1 Å². The van der Waals surface area contributed by atoms with E-state index in [1.165, 1.54) is 10.8 Å². The molecule has 0 spiro atoms. The van der Waals surface area contributed by atoms with E-state index in [0.29, 0.717) is 12.3 Å². The number of fused-ring (bicyclic) bond motifs is 5. The van der Waals surface area contributed by atoms with Crippen molar-refractivity contribution in [1.82, 2.24) is 0 Å². The highest BCUT2D eigenvalue weighted by atomic mass is 16.6. The lowest BCUT2D eigenvalue weighted by atomic mass is 9.78. The molecule has 0 heterocycles. The van der Waals surface area contributed by atoms with Gasteiger partial charge >= 0.3 is 0 Å². The van der Waals surface area contributed by atoms with Crippen LogP contribution >= 0.6 is 0 Å². The molecule has 110 valence electrons. The molecule has 2 atom stereocenters. The summed E-state index contributed by atoms with van der Waals surface area (Å²) in [6, 6.07) is 16.0. The average molecular weight is 291 g/mol. The lowest BCUT2D eigenvalue weighted by Crippen LogP contribution is -2.19. The van der Waals surface area contributed by atoms with Gasteiger partial charge in [0.1, 0.15) is 0 Å². The molecule has 2 unspecified atom stereocenters. The van der Waals surface area contributed by atoms with Crippen LogP contribution in [0.1, 0.15) is 42.9 Å². The van der Waals surface area contributed by atoms with Gasteiger partial charge in [-0.05, 0) is 39.4 Å². The maximum atomic E-state index is 11.5. The fraction of sp³-hybridized carbons (Fsp3) is 0.263. The van der Waals surface area contributed by atoms with Crippen molar-refractivity contribution in [2.24, 2.45) is 0 Å². The van der Waals surface area contributed by atoms with Gasteiger partial charge in [0, 0.05) is 16.9 Å². The summed E-state index contributed by atoms with van der Waals surface area (Å²) in [7, 11) is 0. The molecule has 0 radical (unpaired) electrons. The first-order valence-electron chi connectivity index (χ1n) is 7.74. The number of nitro groups is 1. The number of benzene rings is 3. The van der Waals surface area contributed by atoms with Gasteiger partial charge < -0.3 is 0 Å². The van der Waals surface area contributed by atoms with Gasteiger partial charge in [0.25, 0.3) is 0 Å². The molecule has 22 heavy (non-hydrogen) atoms. The minimum Gasteiger partial charge on any atom is -0.264 e. The van der Waals surface area contributed by atoms with Crippen molar-refractivity contribution in [3.8, 4) is 0 Å². The van der Waals surface area contributed by atoms with Gasteiger partial charge in [0.15, 0.2) is 0 Å². The van der Waals surface area contributed by atoms with Crippen molar-refractivity contribution in [3.63, 3.8) is 0 Å². The van der Waals surface area contributed by atoms with Crippen molar-refractivity contribution in [2.75, 3.05) is 0 Å². The second-order valence-electron chi connectivity index (χ2n) is 6.23. The molecule has 1 aliphatic carbocycles. The molecular weight excluding hydrogens is 274 g/mol. The molecular formula is C19H17NO2. The van der Waals surface area contributed by atoms with Crippen molar-refractivity contribution in [3.05, 3.63) is 69.8 Å². The van der Waals surface area contributed by atoms with Crippen LogP contribution in [-0.2, 0) is 0 Å². The predicted molar refractivity (Wildman–Crippen MR) is 88.8 cm³/mol. The summed E-state index contributed by atoms with van der Waals surface area (Å²) in [6.07, 6.45) is 1.52. The monoisotopic (exact) mass is 291 g/mol. The Morgan fingerprint density at radius 2 is 1.73 bits per heavy atom.